The van der Waals surface area contributed by atoms with E-state index in [1.165, 1.54) is 5.56 Å². The maximum Gasteiger partial charge on any atom is 0.207 e. The van der Waals surface area contributed by atoms with Gasteiger partial charge in [0.25, 0.3) is 0 Å². The molecule has 70 valence electrons. The summed E-state index contributed by atoms with van der Waals surface area (Å²) in [6.07, 6.45) is 0.724. The zero-order valence-corrected chi connectivity index (χ0v) is 8.08. The minimum Gasteiger partial charge on any atom is -0.355 e. The summed E-state index contributed by atoms with van der Waals surface area (Å²) in [5.74, 6) is 0.538. The second-order valence-electron chi connectivity index (χ2n) is 3.40. The SMILES string of the molecule is CC(C)c1cccc(CNC=O)c1. The highest BCUT2D eigenvalue weighted by molar-refractivity contribution is 5.46. The highest BCUT2D eigenvalue weighted by Crippen LogP contribution is 2.15. The molecule has 1 amide bonds. The second-order valence-corrected chi connectivity index (χ2v) is 3.40. The molecule has 1 N–H and O–H groups in total. The van der Waals surface area contributed by atoms with Crippen LogP contribution < -0.4 is 5.32 Å². The fraction of sp³-hybridized carbons (Fsp3) is 0.364. The van der Waals surface area contributed by atoms with Crippen molar-refractivity contribution in [2.24, 2.45) is 0 Å². The number of rotatable bonds is 4. The van der Waals surface area contributed by atoms with Crippen molar-refractivity contribution in [3.05, 3.63) is 35.4 Å². The molecule has 2 heteroatoms. The predicted molar refractivity (Wildman–Crippen MR) is 53.4 cm³/mol. The Morgan fingerprint density at radius 1 is 1.46 bits per heavy atom. The summed E-state index contributed by atoms with van der Waals surface area (Å²) in [6, 6.07) is 8.27. The first-order valence-electron chi connectivity index (χ1n) is 4.50. The Bertz CT molecular complexity index is 281. The summed E-state index contributed by atoms with van der Waals surface area (Å²) in [4.78, 5) is 10.1. The topological polar surface area (TPSA) is 29.1 Å². The fourth-order valence-corrected chi connectivity index (χ4v) is 1.22. The molecular formula is C11H15NO. The van der Waals surface area contributed by atoms with E-state index in [0.717, 1.165) is 12.0 Å². The van der Waals surface area contributed by atoms with Crippen molar-refractivity contribution < 1.29 is 4.79 Å². The van der Waals surface area contributed by atoms with Gasteiger partial charge in [0.2, 0.25) is 6.41 Å². The molecule has 0 bridgehead atoms. The van der Waals surface area contributed by atoms with Crippen molar-refractivity contribution in [2.45, 2.75) is 26.3 Å². The molecule has 0 saturated carbocycles. The van der Waals surface area contributed by atoms with Crippen molar-refractivity contribution in [1.82, 2.24) is 5.32 Å². The van der Waals surface area contributed by atoms with Gasteiger partial charge in [0, 0.05) is 6.54 Å². The standard InChI is InChI=1S/C11H15NO/c1-9(2)11-5-3-4-10(6-11)7-12-8-13/h3-6,8-9H,7H2,1-2H3,(H,12,13). The summed E-state index contributed by atoms with van der Waals surface area (Å²) in [6.45, 7) is 4.93. The fourth-order valence-electron chi connectivity index (χ4n) is 1.22. The van der Waals surface area contributed by atoms with Crippen molar-refractivity contribution in [1.29, 1.82) is 0 Å². The van der Waals surface area contributed by atoms with E-state index in [4.69, 9.17) is 0 Å². The van der Waals surface area contributed by atoms with E-state index in [0.29, 0.717) is 12.5 Å². The van der Waals surface area contributed by atoms with Crippen molar-refractivity contribution in [2.75, 3.05) is 0 Å². The molecule has 1 rings (SSSR count). The van der Waals surface area contributed by atoms with E-state index in [1.807, 2.05) is 12.1 Å². The zero-order chi connectivity index (χ0) is 9.68. The van der Waals surface area contributed by atoms with Crippen LogP contribution in [0.3, 0.4) is 0 Å². The van der Waals surface area contributed by atoms with E-state index in [1.54, 1.807) is 0 Å². The molecule has 0 fully saturated rings. The minimum atomic E-state index is 0.538. The number of amides is 1. The second kappa shape index (κ2) is 4.65. The summed E-state index contributed by atoms with van der Waals surface area (Å²) in [7, 11) is 0. The molecule has 0 atom stereocenters. The molecule has 0 spiro atoms. The molecule has 0 heterocycles. The Labute approximate surface area is 79.0 Å². The molecule has 0 radical (unpaired) electrons. The van der Waals surface area contributed by atoms with Gasteiger partial charge in [-0.25, -0.2) is 0 Å². The first kappa shape index (κ1) is 9.78. The average molecular weight is 177 g/mol. The Morgan fingerprint density at radius 3 is 2.85 bits per heavy atom. The Hall–Kier alpha value is -1.31. The number of benzene rings is 1. The third-order valence-electron chi connectivity index (χ3n) is 2.01. The van der Waals surface area contributed by atoms with Crippen LogP contribution in [-0.4, -0.2) is 6.41 Å². The van der Waals surface area contributed by atoms with Crippen LogP contribution in [0, 0.1) is 0 Å². The van der Waals surface area contributed by atoms with Gasteiger partial charge in [-0.15, -0.1) is 0 Å². The smallest absolute Gasteiger partial charge is 0.207 e. The van der Waals surface area contributed by atoms with Crippen LogP contribution in [0.4, 0.5) is 0 Å². The molecule has 1 aromatic carbocycles. The van der Waals surface area contributed by atoms with Gasteiger partial charge >= 0.3 is 0 Å². The maximum atomic E-state index is 10.1. The van der Waals surface area contributed by atoms with Crippen LogP contribution in [0.2, 0.25) is 0 Å². The molecule has 1 aromatic rings. The number of hydrogen-bond acceptors (Lipinski definition) is 1. The molecular weight excluding hydrogens is 162 g/mol. The van der Waals surface area contributed by atoms with E-state index in [-0.39, 0.29) is 0 Å². The average Bonchev–Trinajstić information content (AvgIpc) is 2.15. The Kier molecular flexibility index (Phi) is 3.50. The largest absolute Gasteiger partial charge is 0.355 e. The number of hydrogen-bond donors (Lipinski definition) is 1. The summed E-state index contributed by atoms with van der Waals surface area (Å²) in [5.41, 5.74) is 2.46. The third-order valence-corrected chi connectivity index (χ3v) is 2.01. The molecule has 0 aliphatic carbocycles. The van der Waals surface area contributed by atoms with E-state index >= 15 is 0 Å². The van der Waals surface area contributed by atoms with Crippen LogP contribution in [0.5, 0.6) is 0 Å². The maximum absolute atomic E-state index is 10.1. The van der Waals surface area contributed by atoms with Gasteiger partial charge in [0.05, 0.1) is 0 Å². The Morgan fingerprint density at radius 2 is 2.23 bits per heavy atom. The van der Waals surface area contributed by atoms with Gasteiger partial charge in [-0.05, 0) is 17.0 Å². The van der Waals surface area contributed by atoms with Crippen molar-refractivity contribution >= 4 is 6.41 Å². The monoisotopic (exact) mass is 177 g/mol. The van der Waals surface area contributed by atoms with Crippen LogP contribution in [-0.2, 0) is 11.3 Å². The quantitative estimate of drug-likeness (QED) is 0.701. The van der Waals surface area contributed by atoms with Gasteiger partial charge in [-0.2, -0.15) is 0 Å². The van der Waals surface area contributed by atoms with Crippen LogP contribution in [0.1, 0.15) is 30.9 Å². The molecule has 0 aromatic heterocycles. The lowest BCUT2D eigenvalue weighted by atomic mass is 10.0. The van der Waals surface area contributed by atoms with Crippen molar-refractivity contribution in [3.8, 4) is 0 Å². The lowest BCUT2D eigenvalue weighted by molar-refractivity contribution is -0.109. The summed E-state index contributed by atoms with van der Waals surface area (Å²) < 4.78 is 0. The van der Waals surface area contributed by atoms with Gasteiger partial charge in [-0.3, -0.25) is 4.79 Å². The molecule has 2 nitrogen and oxygen atoms in total. The first-order valence-corrected chi connectivity index (χ1v) is 4.50. The van der Waals surface area contributed by atoms with E-state index in [2.05, 4.69) is 31.3 Å². The van der Waals surface area contributed by atoms with Gasteiger partial charge in [0.1, 0.15) is 0 Å². The molecule has 0 unspecified atom stereocenters. The highest BCUT2D eigenvalue weighted by atomic mass is 16.1. The summed E-state index contributed by atoms with van der Waals surface area (Å²) in [5, 5.41) is 2.65. The van der Waals surface area contributed by atoms with Crippen LogP contribution >= 0.6 is 0 Å². The number of carbonyl (C=O) groups excluding carboxylic acids is 1. The first-order chi connectivity index (χ1) is 6.24. The van der Waals surface area contributed by atoms with Gasteiger partial charge < -0.3 is 5.32 Å². The zero-order valence-electron chi connectivity index (χ0n) is 8.08. The minimum absolute atomic E-state index is 0.538. The molecule has 0 aliphatic heterocycles. The highest BCUT2D eigenvalue weighted by Gasteiger charge is 1.99. The molecule has 0 aliphatic rings. The number of carbonyl (C=O) groups is 1. The predicted octanol–water partition coefficient (Wildman–Crippen LogP) is 2.06. The molecule has 0 saturated heterocycles. The number of nitrogens with one attached hydrogen (secondary N) is 1. The van der Waals surface area contributed by atoms with E-state index in [9.17, 15) is 4.79 Å². The van der Waals surface area contributed by atoms with E-state index < -0.39 is 0 Å². The normalized spacial score (nSPS) is 10.1. The third kappa shape index (κ3) is 2.90. The van der Waals surface area contributed by atoms with Gasteiger partial charge in [-0.1, -0.05) is 38.1 Å². The van der Waals surface area contributed by atoms with Crippen LogP contribution in [0.25, 0.3) is 0 Å². The lowest BCUT2D eigenvalue weighted by Gasteiger charge is -2.07. The van der Waals surface area contributed by atoms with Crippen LogP contribution in [0.15, 0.2) is 24.3 Å². The van der Waals surface area contributed by atoms with Gasteiger partial charge in [0.15, 0.2) is 0 Å². The lowest BCUT2D eigenvalue weighted by Crippen LogP contribution is -2.09. The molecule has 13 heavy (non-hydrogen) atoms. The Balaban J connectivity index is 2.73. The summed E-state index contributed by atoms with van der Waals surface area (Å²) >= 11 is 0. The van der Waals surface area contributed by atoms with Crippen molar-refractivity contribution in [3.63, 3.8) is 0 Å².